The van der Waals surface area contributed by atoms with E-state index < -0.39 is 0 Å². The lowest BCUT2D eigenvalue weighted by molar-refractivity contribution is -0.119. The summed E-state index contributed by atoms with van der Waals surface area (Å²) in [6, 6.07) is 10.8. The molecule has 0 bridgehead atoms. The molecule has 0 aliphatic carbocycles. The molecule has 0 aliphatic heterocycles. The molecule has 2 amide bonds. The number of thiophene rings is 1. The van der Waals surface area contributed by atoms with E-state index in [1.807, 2.05) is 18.2 Å². The van der Waals surface area contributed by atoms with E-state index in [-0.39, 0.29) is 11.8 Å². The van der Waals surface area contributed by atoms with Gasteiger partial charge in [0.1, 0.15) is 0 Å². The summed E-state index contributed by atoms with van der Waals surface area (Å²) < 4.78 is 4.98. The Morgan fingerprint density at radius 1 is 1.24 bits per heavy atom. The molecule has 3 rings (SSSR count). The largest absolute Gasteiger partial charge is 0.351 e. The van der Waals surface area contributed by atoms with Crippen LogP contribution in [0.1, 0.15) is 27.4 Å². The first-order valence-corrected chi connectivity index (χ1v) is 8.38. The van der Waals surface area contributed by atoms with E-state index in [4.69, 9.17) is 4.52 Å². The Morgan fingerprint density at radius 3 is 2.80 bits per heavy atom. The number of carbonyl (C=O) groups excluding carboxylic acids is 2. The molecule has 8 heteroatoms. The highest BCUT2D eigenvalue weighted by Gasteiger charge is 2.11. The lowest BCUT2D eigenvalue weighted by Gasteiger charge is -2.04. The van der Waals surface area contributed by atoms with E-state index in [1.165, 1.54) is 18.3 Å². The van der Waals surface area contributed by atoms with Gasteiger partial charge in [0.25, 0.3) is 5.91 Å². The standard InChI is InChI=1S/C17H16N4O3S/c1-10(22)18-9-14-6-7-15(25-14)17(23)20-13-5-3-4-12(8-13)16-19-11(2)24-21-16/h3-8H,9H2,1-2H3,(H,18,22)(H,20,23). The summed E-state index contributed by atoms with van der Waals surface area (Å²) in [5, 5.41) is 9.43. The van der Waals surface area contributed by atoms with Gasteiger partial charge in [-0.25, -0.2) is 0 Å². The Morgan fingerprint density at radius 2 is 2.08 bits per heavy atom. The van der Waals surface area contributed by atoms with Gasteiger partial charge in [0, 0.05) is 30.0 Å². The van der Waals surface area contributed by atoms with Crippen molar-refractivity contribution in [3.8, 4) is 11.4 Å². The molecular formula is C17H16N4O3S. The van der Waals surface area contributed by atoms with Crippen molar-refractivity contribution < 1.29 is 14.1 Å². The number of aryl methyl sites for hydroxylation is 1. The summed E-state index contributed by atoms with van der Waals surface area (Å²) in [6.45, 7) is 3.59. The minimum Gasteiger partial charge on any atom is -0.351 e. The van der Waals surface area contributed by atoms with Crippen molar-refractivity contribution in [2.75, 3.05) is 5.32 Å². The summed E-state index contributed by atoms with van der Waals surface area (Å²) in [5.74, 6) is 0.644. The zero-order valence-corrected chi connectivity index (χ0v) is 14.5. The quantitative estimate of drug-likeness (QED) is 0.732. The molecule has 7 nitrogen and oxygen atoms in total. The fourth-order valence-corrected chi connectivity index (χ4v) is 2.99. The molecule has 0 spiro atoms. The van der Waals surface area contributed by atoms with Crippen LogP contribution >= 0.6 is 11.3 Å². The van der Waals surface area contributed by atoms with E-state index in [0.717, 1.165) is 10.4 Å². The van der Waals surface area contributed by atoms with Crippen LogP contribution in [-0.2, 0) is 11.3 Å². The van der Waals surface area contributed by atoms with Gasteiger partial charge in [-0.3, -0.25) is 9.59 Å². The van der Waals surface area contributed by atoms with Crippen LogP contribution in [0.15, 0.2) is 40.9 Å². The second-order valence-electron chi connectivity index (χ2n) is 5.35. The molecule has 0 fully saturated rings. The Hall–Kier alpha value is -3.00. The summed E-state index contributed by atoms with van der Waals surface area (Å²) in [7, 11) is 0. The van der Waals surface area contributed by atoms with E-state index in [2.05, 4.69) is 20.8 Å². The third kappa shape index (κ3) is 4.30. The smallest absolute Gasteiger partial charge is 0.265 e. The Labute approximate surface area is 148 Å². The fourth-order valence-electron chi connectivity index (χ4n) is 2.15. The van der Waals surface area contributed by atoms with E-state index in [1.54, 1.807) is 25.1 Å². The van der Waals surface area contributed by atoms with Crippen LogP contribution in [0.4, 0.5) is 5.69 Å². The molecule has 2 heterocycles. The molecule has 0 saturated heterocycles. The molecule has 2 aromatic heterocycles. The highest BCUT2D eigenvalue weighted by molar-refractivity contribution is 7.14. The van der Waals surface area contributed by atoms with Gasteiger partial charge in [0.15, 0.2) is 0 Å². The normalized spacial score (nSPS) is 10.5. The van der Waals surface area contributed by atoms with Gasteiger partial charge >= 0.3 is 0 Å². The van der Waals surface area contributed by atoms with Crippen molar-refractivity contribution in [1.82, 2.24) is 15.5 Å². The number of nitrogens with one attached hydrogen (secondary N) is 2. The maximum absolute atomic E-state index is 12.4. The van der Waals surface area contributed by atoms with Crippen LogP contribution < -0.4 is 10.6 Å². The SMILES string of the molecule is CC(=O)NCc1ccc(C(=O)Nc2cccc(-c3noc(C)n3)c2)s1. The van der Waals surface area contributed by atoms with Crippen molar-refractivity contribution in [2.24, 2.45) is 0 Å². The van der Waals surface area contributed by atoms with E-state index in [0.29, 0.717) is 28.8 Å². The van der Waals surface area contributed by atoms with Gasteiger partial charge in [-0.1, -0.05) is 17.3 Å². The van der Waals surface area contributed by atoms with Crippen LogP contribution in [0.25, 0.3) is 11.4 Å². The second kappa shape index (κ2) is 7.27. The Kier molecular flexibility index (Phi) is 4.90. The lowest BCUT2D eigenvalue weighted by atomic mass is 10.2. The highest BCUT2D eigenvalue weighted by Crippen LogP contribution is 2.22. The van der Waals surface area contributed by atoms with Crippen LogP contribution in [0.2, 0.25) is 0 Å². The Balaban J connectivity index is 1.70. The average Bonchev–Trinajstić information content (AvgIpc) is 3.22. The van der Waals surface area contributed by atoms with Crippen molar-refractivity contribution in [3.63, 3.8) is 0 Å². The molecule has 0 saturated carbocycles. The van der Waals surface area contributed by atoms with Crippen LogP contribution in [0.3, 0.4) is 0 Å². The zero-order chi connectivity index (χ0) is 17.8. The number of hydrogen-bond donors (Lipinski definition) is 2. The minimum atomic E-state index is -0.208. The first-order valence-electron chi connectivity index (χ1n) is 7.56. The van der Waals surface area contributed by atoms with Gasteiger partial charge < -0.3 is 15.2 Å². The number of hydrogen-bond acceptors (Lipinski definition) is 6. The van der Waals surface area contributed by atoms with Crippen molar-refractivity contribution in [3.05, 3.63) is 52.0 Å². The summed E-state index contributed by atoms with van der Waals surface area (Å²) in [5.41, 5.74) is 1.40. The number of rotatable bonds is 5. The molecule has 0 radical (unpaired) electrons. The van der Waals surface area contributed by atoms with Gasteiger partial charge in [0.2, 0.25) is 17.6 Å². The maximum atomic E-state index is 12.4. The van der Waals surface area contributed by atoms with Crippen molar-refractivity contribution in [1.29, 1.82) is 0 Å². The number of carbonyl (C=O) groups is 2. The number of nitrogens with zero attached hydrogens (tertiary/aromatic N) is 2. The van der Waals surface area contributed by atoms with Gasteiger partial charge in [-0.15, -0.1) is 11.3 Å². The fraction of sp³-hybridized carbons (Fsp3) is 0.176. The topological polar surface area (TPSA) is 97.1 Å². The van der Waals surface area contributed by atoms with Gasteiger partial charge in [-0.05, 0) is 24.3 Å². The molecule has 0 unspecified atom stereocenters. The predicted octanol–water partition coefficient (Wildman–Crippen LogP) is 2.99. The monoisotopic (exact) mass is 356 g/mol. The van der Waals surface area contributed by atoms with Gasteiger partial charge in [0.05, 0.1) is 11.4 Å². The van der Waals surface area contributed by atoms with Crippen LogP contribution in [0.5, 0.6) is 0 Å². The van der Waals surface area contributed by atoms with E-state index in [9.17, 15) is 9.59 Å². The minimum absolute atomic E-state index is 0.104. The number of anilines is 1. The zero-order valence-electron chi connectivity index (χ0n) is 13.7. The van der Waals surface area contributed by atoms with Crippen LogP contribution in [0, 0.1) is 6.92 Å². The molecule has 2 N–H and O–H groups in total. The van der Waals surface area contributed by atoms with Crippen LogP contribution in [-0.4, -0.2) is 22.0 Å². The third-order valence-corrected chi connectivity index (χ3v) is 4.39. The van der Waals surface area contributed by atoms with Crippen molar-refractivity contribution in [2.45, 2.75) is 20.4 Å². The number of amides is 2. The third-order valence-electron chi connectivity index (χ3n) is 3.30. The van der Waals surface area contributed by atoms with E-state index >= 15 is 0 Å². The predicted molar refractivity (Wildman–Crippen MR) is 94.3 cm³/mol. The summed E-state index contributed by atoms with van der Waals surface area (Å²) in [4.78, 5) is 29.0. The second-order valence-corrected chi connectivity index (χ2v) is 6.52. The first kappa shape index (κ1) is 16.8. The molecule has 128 valence electrons. The summed E-state index contributed by atoms with van der Waals surface area (Å²) in [6.07, 6.45) is 0. The van der Waals surface area contributed by atoms with Crippen molar-refractivity contribution >= 4 is 28.8 Å². The highest BCUT2D eigenvalue weighted by atomic mass is 32.1. The number of benzene rings is 1. The molecule has 3 aromatic rings. The summed E-state index contributed by atoms with van der Waals surface area (Å²) >= 11 is 1.34. The molecule has 25 heavy (non-hydrogen) atoms. The maximum Gasteiger partial charge on any atom is 0.265 e. The van der Waals surface area contributed by atoms with Gasteiger partial charge in [-0.2, -0.15) is 4.98 Å². The molecule has 0 atom stereocenters. The number of aromatic nitrogens is 2. The molecular weight excluding hydrogens is 340 g/mol. The molecule has 1 aromatic carbocycles. The molecule has 0 aliphatic rings. The first-order chi connectivity index (χ1) is 12.0. The average molecular weight is 356 g/mol. The lowest BCUT2D eigenvalue weighted by Crippen LogP contribution is -2.18. The Bertz CT molecular complexity index is 916.